The van der Waals surface area contributed by atoms with Crippen LogP contribution < -0.4 is 0 Å². The lowest BCUT2D eigenvalue weighted by Gasteiger charge is -2.38. The minimum absolute atomic E-state index is 0.369. The molecular weight excluding hydrogens is 226 g/mol. The van der Waals surface area contributed by atoms with Crippen molar-refractivity contribution in [1.82, 2.24) is 9.88 Å². The average Bonchev–Trinajstić information content (AvgIpc) is 2.26. The van der Waals surface area contributed by atoms with Crippen LogP contribution in [0.3, 0.4) is 0 Å². The fourth-order valence-corrected chi connectivity index (χ4v) is 1.79. The molecule has 92 valence electrons. The molecule has 0 N–H and O–H groups in total. The quantitative estimate of drug-likeness (QED) is 0.810. The predicted molar refractivity (Wildman–Crippen MR) is 59.1 cm³/mol. The Hall–Kier alpha value is -1.52. The SMILES string of the molecule is CCCc1ccc(C(=O)N2CC(F)(F)C2)cn1. The lowest BCUT2D eigenvalue weighted by atomic mass is 10.1. The first-order chi connectivity index (χ1) is 8.02. The molecule has 0 spiro atoms. The van der Waals surface area contributed by atoms with Crippen LogP contribution in [0.4, 0.5) is 8.78 Å². The molecule has 5 heteroatoms. The topological polar surface area (TPSA) is 33.2 Å². The Kier molecular flexibility index (Phi) is 3.09. The molecule has 0 atom stereocenters. The first-order valence-electron chi connectivity index (χ1n) is 5.64. The van der Waals surface area contributed by atoms with Gasteiger partial charge in [-0.2, -0.15) is 0 Å². The normalized spacial score (nSPS) is 17.7. The zero-order chi connectivity index (χ0) is 12.5. The molecule has 0 saturated carbocycles. The summed E-state index contributed by atoms with van der Waals surface area (Å²) in [5, 5.41) is 0. The molecule has 0 aromatic carbocycles. The molecule has 1 aliphatic rings. The summed E-state index contributed by atoms with van der Waals surface area (Å²) in [6.45, 7) is 1.08. The molecule has 1 fully saturated rings. The number of carbonyl (C=O) groups is 1. The Morgan fingerprint density at radius 3 is 2.65 bits per heavy atom. The number of pyridine rings is 1. The van der Waals surface area contributed by atoms with Crippen molar-refractivity contribution in [1.29, 1.82) is 0 Å². The van der Waals surface area contributed by atoms with Crippen LogP contribution in [0, 0.1) is 0 Å². The maximum absolute atomic E-state index is 12.6. The second kappa shape index (κ2) is 4.39. The standard InChI is InChI=1S/C12H14F2N2O/c1-2-3-10-5-4-9(6-15-10)11(17)16-7-12(13,14)8-16/h4-6H,2-3,7-8H2,1H3. The minimum atomic E-state index is -2.72. The van der Waals surface area contributed by atoms with Gasteiger partial charge in [0.05, 0.1) is 18.7 Å². The van der Waals surface area contributed by atoms with Crippen molar-refractivity contribution in [2.75, 3.05) is 13.1 Å². The molecule has 17 heavy (non-hydrogen) atoms. The number of amides is 1. The van der Waals surface area contributed by atoms with Gasteiger partial charge in [0.25, 0.3) is 11.8 Å². The van der Waals surface area contributed by atoms with Crippen LogP contribution in [-0.4, -0.2) is 34.8 Å². The first-order valence-corrected chi connectivity index (χ1v) is 5.64. The third-order valence-electron chi connectivity index (χ3n) is 2.71. The molecule has 0 unspecified atom stereocenters. The fourth-order valence-electron chi connectivity index (χ4n) is 1.79. The van der Waals surface area contributed by atoms with E-state index in [1.54, 1.807) is 12.1 Å². The van der Waals surface area contributed by atoms with Crippen LogP contribution in [0.5, 0.6) is 0 Å². The van der Waals surface area contributed by atoms with Crippen molar-refractivity contribution >= 4 is 5.91 Å². The Morgan fingerprint density at radius 1 is 1.47 bits per heavy atom. The molecule has 3 nitrogen and oxygen atoms in total. The second-order valence-electron chi connectivity index (χ2n) is 4.31. The van der Waals surface area contributed by atoms with Gasteiger partial charge >= 0.3 is 0 Å². The minimum Gasteiger partial charge on any atom is -0.326 e. The summed E-state index contributed by atoms with van der Waals surface area (Å²) in [5.41, 5.74) is 1.29. The van der Waals surface area contributed by atoms with Crippen molar-refractivity contribution in [3.05, 3.63) is 29.6 Å². The summed E-state index contributed by atoms with van der Waals surface area (Å²) in [6, 6.07) is 3.42. The Morgan fingerprint density at radius 2 is 2.18 bits per heavy atom. The van der Waals surface area contributed by atoms with Gasteiger partial charge in [0.2, 0.25) is 0 Å². The van der Waals surface area contributed by atoms with E-state index in [0.29, 0.717) is 5.56 Å². The summed E-state index contributed by atoms with van der Waals surface area (Å²) in [6.07, 6.45) is 3.30. The number of carbonyl (C=O) groups excluding carboxylic acids is 1. The van der Waals surface area contributed by atoms with Crippen LogP contribution in [0.2, 0.25) is 0 Å². The lowest BCUT2D eigenvalue weighted by Crippen LogP contribution is -2.58. The van der Waals surface area contributed by atoms with Gasteiger partial charge in [-0.1, -0.05) is 13.3 Å². The van der Waals surface area contributed by atoms with E-state index >= 15 is 0 Å². The highest BCUT2D eigenvalue weighted by molar-refractivity contribution is 5.94. The molecular formula is C12H14F2N2O. The predicted octanol–water partition coefficient (Wildman–Crippen LogP) is 2.13. The van der Waals surface area contributed by atoms with Crippen LogP contribution in [0.25, 0.3) is 0 Å². The van der Waals surface area contributed by atoms with Crippen molar-refractivity contribution in [3.63, 3.8) is 0 Å². The average molecular weight is 240 g/mol. The van der Waals surface area contributed by atoms with Gasteiger partial charge in [-0.3, -0.25) is 9.78 Å². The van der Waals surface area contributed by atoms with Gasteiger partial charge in [0.1, 0.15) is 0 Å². The fraction of sp³-hybridized carbons (Fsp3) is 0.500. The number of aromatic nitrogens is 1. The van der Waals surface area contributed by atoms with Crippen LogP contribution in [0.1, 0.15) is 29.4 Å². The molecule has 1 aromatic heterocycles. The van der Waals surface area contributed by atoms with E-state index in [9.17, 15) is 13.6 Å². The maximum atomic E-state index is 12.6. The van der Waals surface area contributed by atoms with E-state index in [2.05, 4.69) is 4.98 Å². The van der Waals surface area contributed by atoms with Crippen molar-refractivity contribution in [2.45, 2.75) is 25.7 Å². The summed E-state index contributed by atoms with van der Waals surface area (Å²) < 4.78 is 25.2. The summed E-state index contributed by atoms with van der Waals surface area (Å²) in [4.78, 5) is 17.0. The second-order valence-corrected chi connectivity index (χ2v) is 4.31. The van der Waals surface area contributed by atoms with E-state index in [1.165, 1.54) is 6.20 Å². The van der Waals surface area contributed by atoms with E-state index in [-0.39, 0.29) is 5.91 Å². The van der Waals surface area contributed by atoms with Gasteiger partial charge in [-0.05, 0) is 18.6 Å². The monoisotopic (exact) mass is 240 g/mol. The van der Waals surface area contributed by atoms with Crippen LogP contribution >= 0.6 is 0 Å². The molecule has 0 radical (unpaired) electrons. The third-order valence-corrected chi connectivity index (χ3v) is 2.71. The molecule has 0 bridgehead atoms. The van der Waals surface area contributed by atoms with Crippen molar-refractivity contribution < 1.29 is 13.6 Å². The van der Waals surface area contributed by atoms with Crippen molar-refractivity contribution in [2.24, 2.45) is 0 Å². The van der Waals surface area contributed by atoms with E-state index in [0.717, 1.165) is 23.4 Å². The molecule has 1 saturated heterocycles. The molecule has 1 aromatic rings. The highest BCUT2D eigenvalue weighted by atomic mass is 19.3. The zero-order valence-corrected chi connectivity index (χ0v) is 9.62. The summed E-state index contributed by atoms with van der Waals surface area (Å²) in [5.74, 6) is -3.09. The lowest BCUT2D eigenvalue weighted by molar-refractivity contribution is -0.113. The van der Waals surface area contributed by atoms with E-state index < -0.39 is 19.0 Å². The van der Waals surface area contributed by atoms with Crippen molar-refractivity contribution in [3.8, 4) is 0 Å². The third kappa shape index (κ3) is 2.60. The Labute approximate surface area is 98.5 Å². The Balaban J connectivity index is 2.00. The molecule has 1 aliphatic heterocycles. The van der Waals surface area contributed by atoms with E-state index in [4.69, 9.17) is 0 Å². The maximum Gasteiger partial charge on any atom is 0.282 e. The number of likely N-dealkylation sites (tertiary alicyclic amines) is 1. The van der Waals surface area contributed by atoms with Crippen LogP contribution in [0.15, 0.2) is 18.3 Å². The number of halogens is 2. The molecule has 2 rings (SSSR count). The highest BCUT2D eigenvalue weighted by Crippen LogP contribution is 2.27. The van der Waals surface area contributed by atoms with Gasteiger partial charge in [-0.25, -0.2) is 8.78 Å². The number of rotatable bonds is 3. The highest BCUT2D eigenvalue weighted by Gasteiger charge is 2.46. The van der Waals surface area contributed by atoms with Gasteiger partial charge < -0.3 is 4.90 Å². The number of hydrogen-bond acceptors (Lipinski definition) is 2. The largest absolute Gasteiger partial charge is 0.326 e. The smallest absolute Gasteiger partial charge is 0.282 e. The van der Waals surface area contributed by atoms with Gasteiger partial charge in [-0.15, -0.1) is 0 Å². The van der Waals surface area contributed by atoms with E-state index in [1.807, 2.05) is 6.92 Å². The molecule has 2 heterocycles. The van der Waals surface area contributed by atoms with Gasteiger partial charge in [0, 0.05) is 11.9 Å². The number of nitrogens with zero attached hydrogens (tertiary/aromatic N) is 2. The molecule has 0 aliphatic carbocycles. The Bertz CT molecular complexity index is 409. The zero-order valence-electron chi connectivity index (χ0n) is 9.62. The number of alkyl halides is 2. The molecule has 1 amide bonds. The first kappa shape index (κ1) is 12.0. The van der Waals surface area contributed by atoms with Gasteiger partial charge in [0.15, 0.2) is 0 Å². The van der Waals surface area contributed by atoms with Crippen LogP contribution in [-0.2, 0) is 6.42 Å². The number of aryl methyl sites for hydroxylation is 1. The summed E-state index contributed by atoms with van der Waals surface area (Å²) >= 11 is 0. The number of hydrogen-bond donors (Lipinski definition) is 0. The summed E-state index contributed by atoms with van der Waals surface area (Å²) in [7, 11) is 0.